The topological polar surface area (TPSA) is 153 Å². The minimum atomic E-state index is -3.65. The molecule has 1 aliphatic heterocycles. The molecular weight excluding hydrogens is 458 g/mol. The van der Waals surface area contributed by atoms with Gasteiger partial charge in [0.2, 0.25) is 0 Å². The third-order valence-corrected chi connectivity index (χ3v) is 8.62. The second kappa shape index (κ2) is 8.76. The lowest BCUT2D eigenvalue weighted by atomic mass is 10.1. The van der Waals surface area contributed by atoms with Crippen molar-refractivity contribution in [3.63, 3.8) is 0 Å². The Morgan fingerprint density at radius 2 is 1.76 bits per heavy atom. The van der Waals surface area contributed by atoms with Crippen LogP contribution in [0.5, 0.6) is 0 Å². The summed E-state index contributed by atoms with van der Waals surface area (Å²) < 4.78 is 25.0. The van der Waals surface area contributed by atoms with Crippen molar-refractivity contribution in [1.82, 2.24) is 14.8 Å². The summed E-state index contributed by atoms with van der Waals surface area (Å²) in [7, 11) is -3.65. The summed E-state index contributed by atoms with van der Waals surface area (Å²) in [6, 6.07) is 13.1. The van der Waals surface area contributed by atoms with Gasteiger partial charge in [0.15, 0.2) is 9.84 Å². The molecule has 1 N–H and O–H groups in total. The van der Waals surface area contributed by atoms with E-state index in [9.17, 15) is 22.8 Å². The Balaban J connectivity index is 1.48. The zero-order valence-electron chi connectivity index (χ0n) is 18.2. The average molecular weight is 480 g/mol. The van der Waals surface area contributed by atoms with Crippen molar-refractivity contribution in [3.05, 3.63) is 69.1 Å². The summed E-state index contributed by atoms with van der Waals surface area (Å²) in [4.78, 5) is 39.9. The Hall–Kier alpha value is -3.96. The molecule has 2 amide bonds. The maximum absolute atomic E-state index is 13.0. The van der Waals surface area contributed by atoms with Gasteiger partial charge >= 0.3 is 0 Å². The lowest BCUT2D eigenvalue weighted by molar-refractivity contribution is 0.0695. The average Bonchev–Trinajstić information content (AvgIpc) is 3.61. The number of amides is 2. The fourth-order valence-corrected chi connectivity index (χ4v) is 5.62. The largest absolute Gasteiger partial charge is 0.348 e. The van der Waals surface area contributed by atoms with Crippen LogP contribution in [-0.4, -0.2) is 53.3 Å². The van der Waals surface area contributed by atoms with Gasteiger partial charge in [0, 0.05) is 26.2 Å². The molecule has 1 aromatic carbocycles. The van der Waals surface area contributed by atoms with Gasteiger partial charge in [-0.1, -0.05) is 12.1 Å². The number of pyridine rings is 1. The van der Waals surface area contributed by atoms with Crippen LogP contribution in [0.15, 0.2) is 41.2 Å². The quantitative estimate of drug-likeness (QED) is 0.609. The minimum absolute atomic E-state index is 0.0170. The number of nitrogens with zero attached hydrogens (tertiary/aromatic N) is 4. The second-order valence-electron chi connectivity index (χ2n) is 8.41. The highest BCUT2D eigenvalue weighted by Crippen LogP contribution is 2.45. The van der Waals surface area contributed by atoms with Gasteiger partial charge in [-0.25, -0.2) is 8.42 Å². The first-order valence-electron chi connectivity index (χ1n) is 10.6. The fourth-order valence-electron chi connectivity index (χ4n) is 4.06. The van der Waals surface area contributed by atoms with E-state index in [-0.39, 0.29) is 37.4 Å². The maximum atomic E-state index is 13.0. The highest BCUT2D eigenvalue weighted by Gasteiger charge is 2.55. The SMILES string of the molecule is N#CCS(=O)(=O)C1(CN2CCn3c(ccc(C(=O)NCc4ccc(C#N)cc4)c3=O)C2=O)CC1. The van der Waals surface area contributed by atoms with Gasteiger partial charge in [-0.3, -0.25) is 14.4 Å². The van der Waals surface area contributed by atoms with Crippen molar-refractivity contribution in [2.75, 3.05) is 18.8 Å². The zero-order chi connectivity index (χ0) is 24.5. The molecule has 4 rings (SSSR count). The van der Waals surface area contributed by atoms with Gasteiger partial charge in [0.25, 0.3) is 17.4 Å². The molecular formula is C23H21N5O5S. The molecule has 0 saturated heterocycles. The highest BCUT2D eigenvalue weighted by molar-refractivity contribution is 7.93. The Morgan fingerprint density at radius 1 is 1.06 bits per heavy atom. The van der Waals surface area contributed by atoms with E-state index in [1.807, 2.05) is 6.07 Å². The van der Waals surface area contributed by atoms with Gasteiger partial charge in [-0.05, 0) is 42.7 Å². The van der Waals surface area contributed by atoms with Crippen LogP contribution in [0.2, 0.25) is 0 Å². The molecule has 174 valence electrons. The summed E-state index contributed by atoms with van der Waals surface area (Å²) in [6.07, 6.45) is 0.790. The first-order valence-corrected chi connectivity index (χ1v) is 12.3. The van der Waals surface area contributed by atoms with E-state index in [4.69, 9.17) is 10.5 Å². The van der Waals surface area contributed by atoms with E-state index in [1.165, 1.54) is 21.6 Å². The Bertz CT molecular complexity index is 1410. The van der Waals surface area contributed by atoms with E-state index in [1.54, 1.807) is 30.3 Å². The van der Waals surface area contributed by atoms with Crippen molar-refractivity contribution < 1.29 is 18.0 Å². The predicted molar refractivity (Wildman–Crippen MR) is 120 cm³/mol. The van der Waals surface area contributed by atoms with Crippen LogP contribution >= 0.6 is 0 Å². The van der Waals surface area contributed by atoms with Gasteiger partial charge in [0.05, 0.1) is 22.4 Å². The number of carbonyl (C=O) groups is 2. The van der Waals surface area contributed by atoms with Crippen LogP contribution in [0.25, 0.3) is 0 Å². The lowest BCUT2D eigenvalue weighted by Gasteiger charge is -2.32. The molecule has 1 aliphatic carbocycles. The molecule has 2 aromatic rings. The normalized spacial score (nSPS) is 16.2. The number of rotatable bonds is 7. The Kier molecular flexibility index (Phi) is 5.98. The molecule has 10 nitrogen and oxygen atoms in total. The van der Waals surface area contributed by atoms with Crippen LogP contribution in [-0.2, 0) is 22.9 Å². The monoisotopic (exact) mass is 479 g/mol. The minimum Gasteiger partial charge on any atom is -0.348 e. The second-order valence-corrected chi connectivity index (χ2v) is 10.8. The molecule has 2 aliphatic rings. The van der Waals surface area contributed by atoms with Gasteiger partial charge in [0.1, 0.15) is 17.0 Å². The van der Waals surface area contributed by atoms with Crippen molar-refractivity contribution in [3.8, 4) is 12.1 Å². The summed E-state index contributed by atoms with van der Waals surface area (Å²) in [5, 5.41) is 20.3. The van der Waals surface area contributed by atoms with E-state index in [2.05, 4.69) is 5.32 Å². The van der Waals surface area contributed by atoms with Crippen LogP contribution in [0.1, 0.15) is 44.8 Å². The smallest absolute Gasteiger partial charge is 0.270 e. The van der Waals surface area contributed by atoms with Gasteiger partial charge in [-0.2, -0.15) is 10.5 Å². The zero-order valence-corrected chi connectivity index (χ0v) is 19.0. The van der Waals surface area contributed by atoms with Crippen LogP contribution in [0, 0.1) is 22.7 Å². The Morgan fingerprint density at radius 3 is 2.38 bits per heavy atom. The maximum Gasteiger partial charge on any atom is 0.270 e. The van der Waals surface area contributed by atoms with Crippen molar-refractivity contribution in [1.29, 1.82) is 10.5 Å². The number of hydrogen-bond acceptors (Lipinski definition) is 7. The number of nitrogens with one attached hydrogen (secondary N) is 1. The first kappa shape index (κ1) is 23.2. The molecule has 1 fully saturated rings. The number of sulfone groups is 1. The van der Waals surface area contributed by atoms with E-state index in [0.29, 0.717) is 18.4 Å². The van der Waals surface area contributed by atoms with Crippen LogP contribution in [0.4, 0.5) is 0 Å². The predicted octanol–water partition coefficient (Wildman–Crippen LogP) is 0.577. The summed E-state index contributed by atoms with van der Waals surface area (Å²) >= 11 is 0. The third-order valence-electron chi connectivity index (χ3n) is 6.26. The molecule has 0 unspecified atom stereocenters. The summed E-state index contributed by atoms with van der Waals surface area (Å²) in [6.45, 7) is 0.408. The molecule has 0 spiro atoms. The molecule has 1 saturated carbocycles. The number of hydrogen-bond donors (Lipinski definition) is 1. The standard InChI is InChI=1S/C23H21N5O5S/c24-9-12-34(32,33)23(7-8-23)15-27-10-11-28-19(22(27)31)6-5-18(21(28)30)20(29)26-14-17-3-1-16(13-25)2-4-17/h1-6H,7-8,10-12,14-15H2,(H,26,29). The van der Waals surface area contributed by atoms with Crippen LogP contribution in [0.3, 0.4) is 0 Å². The molecule has 0 radical (unpaired) electrons. The van der Waals surface area contributed by atoms with E-state index < -0.39 is 37.7 Å². The molecule has 34 heavy (non-hydrogen) atoms. The van der Waals surface area contributed by atoms with Crippen molar-refractivity contribution >= 4 is 21.7 Å². The molecule has 11 heteroatoms. The van der Waals surface area contributed by atoms with Crippen molar-refractivity contribution in [2.24, 2.45) is 0 Å². The van der Waals surface area contributed by atoms with E-state index >= 15 is 0 Å². The van der Waals surface area contributed by atoms with Crippen LogP contribution < -0.4 is 10.9 Å². The number of nitriles is 2. The molecule has 1 aromatic heterocycles. The summed E-state index contributed by atoms with van der Waals surface area (Å²) in [5.74, 6) is -1.66. The first-order chi connectivity index (χ1) is 16.2. The molecule has 0 atom stereocenters. The molecule has 2 heterocycles. The molecule has 0 bridgehead atoms. The van der Waals surface area contributed by atoms with Crippen molar-refractivity contribution in [2.45, 2.75) is 30.7 Å². The number of aromatic nitrogens is 1. The number of carbonyl (C=O) groups excluding carboxylic acids is 2. The number of fused-ring (bicyclic) bond motifs is 1. The lowest BCUT2D eigenvalue weighted by Crippen LogP contribution is -2.50. The highest BCUT2D eigenvalue weighted by atomic mass is 32.2. The Labute approximate surface area is 195 Å². The van der Waals surface area contributed by atoms with Gasteiger partial charge < -0.3 is 14.8 Å². The third kappa shape index (κ3) is 4.18. The van der Waals surface area contributed by atoms with Gasteiger partial charge in [-0.15, -0.1) is 0 Å². The summed E-state index contributed by atoms with van der Waals surface area (Å²) in [5.41, 5.74) is 0.650. The fraction of sp³-hybridized carbons (Fsp3) is 0.348. The van der Waals surface area contributed by atoms with E-state index in [0.717, 1.165) is 5.56 Å². The number of benzene rings is 1.